The predicted molar refractivity (Wildman–Crippen MR) is 72.6 cm³/mol. The number of nitrogens with zero attached hydrogens (tertiary/aromatic N) is 2. The van der Waals surface area contributed by atoms with Crippen LogP contribution in [0.15, 0.2) is 12.3 Å². The summed E-state index contributed by atoms with van der Waals surface area (Å²) in [4.78, 5) is 11.6. The molecule has 1 atom stereocenters. The van der Waals surface area contributed by atoms with Gasteiger partial charge in [0.05, 0.1) is 6.20 Å². The van der Waals surface area contributed by atoms with E-state index in [1.807, 2.05) is 20.1 Å². The number of urea groups is 1. The van der Waals surface area contributed by atoms with Gasteiger partial charge in [0.25, 0.3) is 0 Å². The van der Waals surface area contributed by atoms with Gasteiger partial charge in [0.1, 0.15) is 5.82 Å². The molecule has 2 N–H and O–H groups in total. The number of anilines is 1. The van der Waals surface area contributed by atoms with Gasteiger partial charge in [-0.15, -0.1) is 0 Å². The fourth-order valence-corrected chi connectivity index (χ4v) is 1.56. The third kappa shape index (κ3) is 4.30. The Morgan fingerprint density at radius 1 is 1.53 bits per heavy atom. The van der Waals surface area contributed by atoms with Crippen LogP contribution in [0.3, 0.4) is 0 Å². The van der Waals surface area contributed by atoms with Crippen LogP contribution in [-0.4, -0.2) is 33.9 Å². The van der Waals surface area contributed by atoms with Crippen LogP contribution in [0, 0.1) is 0 Å². The number of aromatic nitrogens is 2. The number of thioether (sulfide) groups is 1. The van der Waals surface area contributed by atoms with E-state index in [0.29, 0.717) is 17.6 Å². The number of hydrogen-bond acceptors (Lipinski definition) is 3. The van der Waals surface area contributed by atoms with Crippen molar-refractivity contribution in [2.75, 3.05) is 18.1 Å². The smallest absolute Gasteiger partial charge is 0.320 e. The molecular formula is C11H20N4OS. The maximum absolute atomic E-state index is 11.6. The minimum Gasteiger partial charge on any atom is -0.337 e. The maximum Gasteiger partial charge on any atom is 0.320 e. The molecule has 0 saturated heterocycles. The molecule has 0 bridgehead atoms. The number of amides is 2. The molecule has 0 unspecified atom stereocenters. The van der Waals surface area contributed by atoms with Crippen molar-refractivity contribution in [2.24, 2.45) is 0 Å². The van der Waals surface area contributed by atoms with Crippen LogP contribution in [0.4, 0.5) is 10.6 Å². The molecule has 1 aromatic heterocycles. The Balaban J connectivity index is 2.48. The van der Waals surface area contributed by atoms with Crippen molar-refractivity contribution in [1.82, 2.24) is 15.1 Å². The molecule has 0 aliphatic rings. The molecule has 1 heterocycles. The van der Waals surface area contributed by atoms with Gasteiger partial charge in [-0.05, 0) is 20.1 Å². The molecule has 0 aromatic carbocycles. The zero-order chi connectivity index (χ0) is 12.8. The zero-order valence-electron chi connectivity index (χ0n) is 10.7. The van der Waals surface area contributed by atoms with Crippen LogP contribution in [0.2, 0.25) is 0 Å². The molecule has 0 fully saturated rings. The number of nitrogens with one attached hydrogen (secondary N) is 2. The van der Waals surface area contributed by atoms with Crippen LogP contribution >= 0.6 is 11.8 Å². The molecule has 0 aliphatic heterocycles. The summed E-state index contributed by atoms with van der Waals surface area (Å²) in [5, 5.41) is 10.2. The van der Waals surface area contributed by atoms with Crippen LogP contribution in [0.1, 0.15) is 26.8 Å². The summed E-state index contributed by atoms with van der Waals surface area (Å²) < 4.78 is 1.78. The molecule has 96 valence electrons. The Morgan fingerprint density at radius 3 is 2.82 bits per heavy atom. The normalized spacial score (nSPS) is 12.5. The van der Waals surface area contributed by atoms with Crippen molar-refractivity contribution in [2.45, 2.75) is 32.1 Å². The van der Waals surface area contributed by atoms with E-state index in [2.05, 4.69) is 22.7 Å². The minimum absolute atomic E-state index is 0.187. The average molecular weight is 256 g/mol. The van der Waals surface area contributed by atoms with Gasteiger partial charge < -0.3 is 5.32 Å². The van der Waals surface area contributed by atoms with Crippen LogP contribution in [-0.2, 0) is 0 Å². The number of carbonyl (C=O) groups excluding carboxylic acids is 1. The Labute approximate surface area is 106 Å². The number of rotatable bonds is 5. The van der Waals surface area contributed by atoms with Gasteiger partial charge >= 0.3 is 6.03 Å². The first-order chi connectivity index (χ1) is 8.04. The minimum atomic E-state index is -0.187. The van der Waals surface area contributed by atoms with Crippen molar-refractivity contribution >= 4 is 23.6 Å². The second kappa shape index (κ2) is 6.54. The second-order valence-electron chi connectivity index (χ2n) is 4.14. The molecule has 6 heteroatoms. The number of carbonyl (C=O) groups is 1. The maximum atomic E-state index is 11.6. The first kappa shape index (κ1) is 13.9. The summed E-state index contributed by atoms with van der Waals surface area (Å²) in [5.41, 5.74) is 0. The van der Waals surface area contributed by atoms with E-state index < -0.39 is 0 Å². The summed E-state index contributed by atoms with van der Waals surface area (Å²) in [6, 6.07) is 1.83. The van der Waals surface area contributed by atoms with Gasteiger partial charge in [-0.2, -0.15) is 16.9 Å². The summed E-state index contributed by atoms with van der Waals surface area (Å²) >= 11 is 1.72. The second-order valence-corrected chi connectivity index (χ2v) is 5.41. The van der Waals surface area contributed by atoms with E-state index in [0.717, 1.165) is 0 Å². The van der Waals surface area contributed by atoms with Gasteiger partial charge in [0.15, 0.2) is 0 Å². The van der Waals surface area contributed by atoms with Gasteiger partial charge in [0, 0.05) is 23.9 Å². The fourth-order valence-electron chi connectivity index (χ4n) is 1.31. The van der Waals surface area contributed by atoms with E-state index in [1.54, 1.807) is 28.7 Å². The first-order valence-corrected chi connectivity index (χ1v) is 6.94. The average Bonchev–Trinajstić information content (AvgIpc) is 2.74. The summed E-state index contributed by atoms with van der Waals surface area (Å²) in [6.45, 7) is 6.77. The monoisotopic (exact) mass is 256 g/mol. The van der Waals surface area contributed by atoms with Crippen molar-refractivity contribution in [1.29, 1.82) is 0 Å². The lowest BCUT2D eigenvalue weighted by Gasteiger charge is -2.13. The SMILES string of the molecule is CS[C@@H](C)CNC(=O)Nc1ccnn1C(C)C. The van der Waals surface area contributed by atoms with Crippen molar-refractivity contribution in [3.8, 4) is 0 Å². The van der Waals surface area contributed by atoms with E-state index in [1.165, 1.54) is 0 Å². The van der Waals surface area contributed by atoms with Gasteiger partial charge in [-0.25, -0.2) is 9.48 Å². The van der Waals surface area contributed by atoms with Gasteiger partial charge in [0.2, 0.25) is 0 Å². The largest absolute Gasteiger partial charge is 0.337 e. The van der Waals surface area contributed by atoms with Crippen LogP contribution in [0.25, 0.3) is 0 Å². The molecule has 0 saturated carbocycles. The standard InChI is InChI=1S/C11H20N4OS/c1-8(2)15-10(5-6-13-15)14-11(16)12-7-9(3)17-4/h5-6,8-9H,7H2,1-4H3,(H2,12,14,16)/t9-/m0/s1. The Kier molecular flexibility index (Phi) is 5.34. The highest BCUT2D eigenvalue weighted by Crippen LogP contribution is 2.12. The molecule has 1 rings (SSSR count). The molecule has 0 radical (unpaired) electrons. The summed E-state index contributed by atoms with van der Waals surface area (Å²) in [6.07, 6.45) is 3.71. The van der Waals surface area contributed by atoms with E-state index in [-0.39, 0.29) is 12.1 Å². The van der Waals surface area contributed by atoms with Crippen LogP contribution < -0.4 is 10.6 Å². The van der Waals surface area contributed by atoms with E-state index in [4.69, 9.17) is 0 Å². The predicted octanol–water partition coefficient (Wildman–Crippen LogP) is 2.34. The molecule has 1 aromatic rings. The lowest BCUT2D eigenvalue weighted by atomic mass is 10.4. The summed E-state index contributed by atoms with van der Waals surface area (Å²) in [7, 11) is 0. The quantitative estimate of drug-likeness (QED) is 0.850. The molecule has 2 amide bonds. The first-order valence-electron chi connectivity index (χ1n) is 5.65. The highest BCUT2D eigenvalue weighted by atomic mass is 32.2. The van der Waals surface area contributed by atoms with Crippen molar-refractivity contribution in [3.63, 3.8) is 0 Å². The van der Waals surface area contributed by atoms with Crippen LogP contribution in [0.5, 0.6) is 0 Å². The third-order valence-electron chi connectivity index (χ3n) is 2.35. The summed E-state index contributed by atoms with van der Waals surface area (Å²) in [5.74, 6) is 0.717. The lowest BCUT2D eigenvalue weighted by molar-refractivity contribution is 0.252. The van der Waals surface area contributed by atoms with Crippen molar-refractivity contribution < 1.29 is 4.79 Å². The van der Waals surface area contributed by atoms with Gasteiger partial charge in [-0.3, -0.25) is 5.32 Å². The third-order valence-corrected chi connectivity index (χ3v) is 3.32. The Hall–Kier alpha value is -1.17. The molecule has 5 nitrogen and oxygen atoms in total. The number of hydrogen-bond donors (Lipinski definition) is 2. The Morgan fingerprint density at radius 2 is 2.24 bits per heavy atom. The van der Waals surface area contributed by atoms with E-state index >= 15 is 0 Å². The highest BCUT2D eigenvalue weighted by Gasteiger charge is 2.09. The molecular weight excluding hydrogens is 236 g/mol. The Bertz CT molecular complexity index is 364. The fraction of sp³-hybridized carbons (Fsp3) is 0.636. The zero-order valence-corrected chi connectivity index (χ0v) is 11.5. The molecule has 0 aliphatic carbocycles. The highest BCUT2D eigenvalue weighted by molar-refractivity contribution is 7.99. The van der Waals surface area contributed by atoms with E-state index in [9.17, 15) is 4.79 Å². The molecule has 0 spiro atoms. The topological polar surface area (TPSA) is 59.0 Å². The van der Waals surface area contributed by atoms with Crippen molar-refractivity contribution in [3.05, 3.63) is 12.3 Å². The lowest BCUT2D eigenvalue weighted by Crippen LogP contribution is -2.34. The van der Waals surface area contributed by atoms with Gasteiger partial charge in [-0.1, -0.05) is 6.92 Å². The molecule has 17 heavy (non-hydrogen) atoms.